The van der Waals surface area contributed by atoms with E-state index in [2.05, 4.69) is 14.9 Å². The molecule has 2 aliphatic heterocycles. The summed E-state index contributed by atoms with van der Waals surface area (Å²) in [5.74, 6) is 0.587. The molecule has 0 aliphatic carbocycles. The molecule has 0 aromatic carbocycles. The molecule has 8 heteroatoms. The van der Waals surface area contributed by atoms with Gasteiger partial charge in [0.1, 0.15) is 0 Å². The Kier molecular flexibility index (Phi) is 5.41. The number of aliphatic hydroxyl groups excluding tert-OH is 1. The van der Waals surface area contributed by atoms with Gasteiger partial charge in [-0.1, -0.05) is 0 Å². The van der Waals surface area contributed by atoms with Gasteiger partial charge in [-0.2, -0.15) is 0 Å². The average molecular weight is 388 g/mol. The number of H-pyrrole nitrogens is 1. The van der Waals surface area contributed by atoms with Crippen LogP contribution in [0.3, 0.4) is 0 Å². The summed E-state index contributed by atoms with van der Waals surface area (Å²) in [5, 5.41) is 10.1. The first-order valence-corrected chi connectivity index (χ1v) is 9.87. The Morgan fingerprint density at radius 3 is 2.79 bits per heavy atom. The number of likely N-dealkylation sites (tertiary alicyclic amines) is 2. The summed E-state index contributed by atoms with van der Waals surface area (Å²) >= 11 is 0. The average Bonchev–Trinajstić information content (AvgIpc) is 3.41. The van der Waals surface area contributed by atoms with Crippen molar-refractivity contribution in [1.29, 1.82) is 0 Å². The Morgan fingerprint density at radius 2 is 2.14 bits per heavy atom. The van der Waals surface area contributed by atoms with Crippen LogP contribution in [0.15, 0.2) is 29.1 Å². The number of imidazole rings is 1. The third-order valence-electron chi connectivity index (χ3n) is 6.49. The topological polar surface area (TPSA) is 94.8 Å². The fourth-order valence-electron chi connectivity index (χ4n) is 4.68. The number of hydrogen-bond donors (Lipinski definition) is 2. The maximum atomic E-state index is 12.8. The van der Waals surface area contributed by atoms with Gasteiger partial charge in [0.25, 0.3) is 11.9 Å². The van der Waals surface area contributed by atoms with Crippen LogP contribution < -0.4 is 4.74 Å². The number of nitrogens with one attached hydrogen (secondary N) is 1. The van der Waals surface area contributed by atoms with Crippen LogP contribution in [-0.2, 0) is 6.54 Å². The Balaban J connectivity index is 1.37. The smallest absolute Gasteiger partial charge is 0.289 e. The van der Waals surface area contributed by atoms with Crippen molar-refractivity contribution in [3.63, 3.8) is 0 Å². The Morgan fingerprint density at radius 1 is 1.36 bits per heavy atom. The largest absolute Gasteiger partial charge is 0.468 e. The third kappa shape index (κ3) is 3.66. The molecule has 2 aromatic rings. The molecular weight excluding hydrogens is 360 g/mol. The molecule has 0 unspecified atom stereocenters. The van der Waals surface area contributed by atoms with Crippen LogP contribution >= 0.6 is 0 Å². The molecule has 2 fully saturated rings. The number of rotatable bonds is 5. The maximum absolute atomic E-state index is 12.8. The van der Waals surface area contributed by atoms with E-state index < -0.39 is 0 Å². The van der Waals surface area contributed by atoms with Gasteiger partial charge in [0, 0.05) is 50.1 Å². The summed E-state index contributed by atoms with van der Waals surface area (Å²) in [7, 11) is 1.51. The highest BCUT2D eigenvalue weighted by Gasteiger charge is 2.45. The molecule has 4 rings (SSSR count). The predicted molar refractivity (Wildman–Crippen MR) is 102 cm³/mol. The number of ether oxygens (including phenoxy) is 1. The molecule has 2 aromatic heterocycles. The number of carbonyl (C=O) groups excluding carboxylic acids is 1. The van der Waals surface area contributed by atoms with Crippen molar-refractivity contribution in [2.75, 3.05) is 39.9 Å². The van der Waals surface area contributed by atoms with Crippen molar-refractivity contribution in [2.45, 2.75) is 25.8 Å². The maximum Gasteiger partial charge on any atom is 0.289 e. The molecule has 8 nitrogen and oxygen atoms in total. The zero-order valence-electron chi connectivity index (χ0n) is 16.3. The predicted octanol–water partition coefficient (Wildman–Crippen LogP) is 1.75. The number of aromatic amines is 1. The van der Waals surface area contributed by atoms with E-state index >= 15 is 0 Å². The lowest BCUT2D eigenvalue weighted by atomic mass is 9.64. The highest BCUT2D eigenvalue weighted by molar-refractivity contribution is 5.91. The highest BCUT2D eigenvalue weighted by atomic mass is 16.6. The van der Waals surface area contributed by atoms with Crippen LogP contribution in [0.1, 0.15) is 35.5 Å². The van der Waals surface area contributed by atoms with Crippen LogP contribution in [0.4, 0.5) is 0 Å². The third-order valence-corrected chi connectivity index (χ3v) is 6.49. The van der Waals surface area contributed by atoms with Gasteiger partial charge >= 0.3 is 0 Å². The molecule has 1 atom stereocenters. The molecule has 1 spiro atoms. The minimum Gasteiger partial charge on any atom is -0.468 e. The number of methoxy groups -OCH3 is 1. The minimum absolute atomic E-state index is 0.0939. The normalized spacial score (nSPS) is 22.5. The fourth-order valence-corrected chi connectivity index (χ4v) is 4.68. The van der Waals surface area contributed by atoms with Crippen molar-refractivity contribution < 1.29 is 19.1 Å². The highest BCUT2D eigenvalue weighted by Crippen LogP contribution is 2.45. The van der Waals surface area contributed by atoms with Crippen LogP contribution in [0.25, 0.3) is 0 Å². The minimum atomic E-state index is -0.131. The van der Waals surface area contributed by atoms with E-state index in [9.17, 15) is 9.90 Å². The summed E-state index contributed by atoms with van der Waals surface area (Å²) in [6.07, 6.45) is 6.59. The number of furan rings is 1. The van der Waals surface area contributed by atoms with Gasteiger partial charge in [0.05, 0.1) is 13.4 Å². The quantitative estimate of drug-likeness (QED) is 0.810. The molecule has 0 bridgehead atoms. The number of aromatic nitrogens is 2. The van der Waals surface area contributed by atoms with E-state index in [-0.39, 0.29) is 23.8 Å². The molecule has 152 valence electrons. The van der Waals surface area contributed by atoms with Gasteiger partial charge in [-0.25, -0.2) is 4.98 Å². The monoisotopic (exact) mass is 388 g/mol. The van der Waals surface area contributed by atoms with E-state index in [1.54, 1.807) is 23.4 Å². The summed E-state index contributed by atoms with van der Waals surface area (Å²) in [4.78, 5) is 24.3. The number of nitrogens with zero attached hydrogens (tertiary/aromatic N) is 3. The Hall–Kier alpha value is -2.32. The van der Waals surface area contributed by atoms with Gasteiger partial charge in [-0.05, 0) is 43.8 Å². The van der Waals surface area contributed by atoms with Gasteiger partial charge < -0.3 is 24.1 Å². The number of carbonyl (C=O) groups is 1. The molecule has 4 heterocycles. The first-order valence-electron chi connectivity index (χ1n) is 9.87. The summed E-state index contributed by atoms with van der Waals surface area (Å²) < 4.78 is 10.5. The lowest BCUT2D eigenvalue weighted by Crippen LogP contribution is -2.54. The van der Waals surface area contributed by atoms with Crippen LogP contribution in [0.2, 0.25) is 0 Å². The van der Waals surface area contributed by atoms with Crippen molar-refractivity contribution in [2.24, 2.45) is 11.3 Å². The standard InChI is InChI=1S/C20H28N4O4/c1-27-18-3-2-17(28-18)19(26)24-9-6-20(15(11-24)13-25)4-7-23(8-5-20)12-16-10-21-14-22-16/h2-3,10,14-15,25H,4-9,11-13H2,1H3,(H,21,22)/t15-/m0/s1. The van der Waals surface area contributed by atoms with Crippen molar-refractivity contribution >= 4 is 5.91 Å². The van der Waals surface area contributed by atoms with Crippen molar-refractivity contribution in [1.82, 2.24) is 19.8 Å². The number of aliphatic hydroxyl groups is 1. The zero-order chi connectivity index (χ0) is 19.6. The molecule has 2 saturated heterocycles. The molecule has 0 radical (unpaired) electrons. The van der Waals surface area contributed by atoms with Crippen molar-refractivity contribution in [3.8, 4) is 5.95 Å². The Bertz CT molecular complexity index is 780. The van der Waals surface area contributed by atoms with Gasteiger partial charge in [0.2, 0.25) is 0 Å². The van der Waals surface area contributed by atoms with Gasteiger partial charge in [-0.3, -0.25) is 9.69 Å². The zero-order valence-corrected chi connectivity index (χ0v) is 16.3. The first kappa shape index (κ1) is 19.0. The molecule has 2 N–H and O–H groups in total. The Labute approximate surface area is 164 Å². The second-order valence-corrected chi connectivity index (χ2v) is 7.92. The van der Waals surface area contributed by atoms with Crippen molar-refractivity contribution in [3.05, 3.63) is 36.1 Å². The second kappa shape index (κ2) is 7.97. The lowest BCUT2D eigenvalue weighted by Gasteiger charge is -2.51. The molecular formula is C20H28N4O4. The molecule has 1 amide bonds. The molecule has 28 heavy (non-hydrogen) atoms. The van der Waals surface area contributed by atoms with E-state index in [1.807, 2.05) is 6.20 Å². The van der Waals surface area contributed by atoms with Crippen LogP contribution in [0.5, 0.6) is 5.95 Å². The number of hydrogen-bond acceptors (Lipinski definition) is 6. The van der Waals surface area contributed by atoms with Gasteiger partial charge in [0.15, 0.2) is 5.76 Å². The second-order valence-electron chi connectivity index (χ2n) is 7.92. The number of amides is 1. The van der Waals surface area contributed by atoms with E-state index in [0.29, 0.717) is 24.8 Å². The number of piperidine rings is 2. The fraction of sp³-hybridized carbons (Fsp3) is 0.600. The summed E-state index contributed by atoms with van der Waals surface area (Å²) in [5.41, 5.74) is 1.24. The lowest BCUT2D eigenvalue weighted by molar-refractivity contribution is -0.0373. The first-order chi connectivity index (χ1) is 13.6. The molecule has 0 saturated carbocycles. The van der Waals surface area contributed by atoms with E-state index in [0.717, 1.165) is 44.6 Å². The van der Waals surface area contributed by atoms with Gasteiger partial charge in [-0.15, -0.1) is 0 Å². The summed E-state index contributed by atoms with van der Waals surface area (Å²) in [6.45, 7) is 4.24. The molecule has 2 aliphatic rings. The van der Waals surface area contributed by atoms with Crippen LogP contribution in [0, 0.1) is 11.3 Å². The van der Waals surface area contributed by atoms with E-state index in [1.165, 1.54) is 7.11 Å². The van der Waals surface area contributed by atoms with E-state index in [4.69, 9.17) is 9.15 Å². The SMILES string of the molecule is COc1ccc(C(=O)N2CCC3(CCN(Cc4cnc[nH]4)CC3)[C@H](CO)C2)o1. The van der Waals surface area contributed by atoms with Crippen LogP contribution in [-0.4, -0.2) is 70.7 Å². The summed E-state index contributed by atoms with van der Waals surface area (Å²) in [6, 6.07) is 3.30.